The zero-order valence-electron chi connectivity index (χ0n) is 20.7. The van der Waals surface area contributed by atoms with Gasteiger partial charge in [0.15, 0.2) is 0 Å². The van der Waals surface area contributed by atoms with E-state index in [4.69, 9.17) is 5.73 Å². The van der Waals surface area contributed by atoms with Crippen molar-refractivity contribution in [2.24, 2.45) is 11.7 Å². The Labute approximate surface area is 220 Å². The van der Waals surface area contributed by atoms with Crippen molar-refractivity contribution in [3.05, 3.63) is 48.0 Å². The summed E-state index contributed by atoms with van der Waals surface area (Å²) in [5.41, 5.74) is 7.24. The smallest absolute Gasteiger partial charge is 0.326 e. The van der Waals surface area contributed by atoms with Crippen LogP contribution < -0.4 is 21.7 Å². The summed E-state index contributed by atoms with van der Waals surface area (Å²) >= 11 is 4.14. The van der Waals surface area contributed by atoms with Gasteiger partial charge in [0.1, 0.15) is 23.9 Å². The molecule has 1 aromatic heterocycles. The van der Waals surface area contributed by atoms with Gasteiger partial charge in [0.25, 0.3) is 0 Å². The molecule has 8 N–H and O–H groups in total. The van der Waals surface area contributed by atoms with E-state index >= 15 is 0 Å². The van der Waals surface area contributed by atoms with Crippen LogP contribution >= 0.6 is 12.6 Å². The second-order valence-electron chi connectivity index (χ2n) is 8.77. The number of hydrogen-bond acceptors (Lipinski definition) is 8. The molecule has 3 amide bonds. The van der Waals surface area contributed by atoms with Gasteiger partial charge in [-0.15, -0.1) is 0 Å². The number of aromatic amines is 1. The molecule has 0 saturated carbocycles. The van der Waals surface area contributed by atoms with Crippen LogP contribution in [0.15, 0.2) is 36.8 Å². The largest absolute Gasteiger partial charge is 0.508 e. The Kier molecular flexibility index (Phi) is 11.4. The number of rotatable bonds is 14. The maximum atomic E-state index is 13.1. The number of aromatic hydroxyl groups is 1. The number of aliphatic carboxylic acids is 1. The van der Waals surface area contributed by atoms with Crippen LogP contribution in [-0.4, -0.2) is 73.8 Å². The molecule has 0 aliphatic rings. The third-order valence-corrected chi connectivity index (χ3v) is 6.30. The molecule has 5 unspecified atom stereocenters. The van der Waals surface area contributed by atoms with Crippen LogP contribution in [0.2, 0.25) is 0 Å². The van der Waals surface area contributed by atoms with Crippen molar-refractivity contribution in [3.8, 4) is 5.75 Å². The summed E-state index contributed by atoms with van der Waals surface area (Å²) in [6.45, 7) is 3.63. The maximum absolute atomic E-state index is 13.1. The molecular weight excluding hydrogens is 500 g/mol. The predicted octanol–water partition coefficient (Wildman–Crippen LogP) is -0.257. The summed E-state index contributed by atoms with van der Waals surface area (Å²) in [5.74, 6) is -3.51. The van der Waals surface area contributed by atoms with E-state index < -0.39 is 47.9 Å². The Morgan fingerprint density at radius 2 is 1.68 bits per heavy atom. The lowest BCUT2D eigenvalue weighted by Crippen LogP contribution is -2.59. The molecule has 5 atom stereocenters. The predicted molar refractivity (Wildman–Crippen MR) is 139 cm³/mol. The van der Waals surface area contributed by atoms with Crippen LogP contribution in [-0.2, 0) is 32.0 Å². The molecule has 0 aliphatic carbocycles. The van der Waals surface area contributed by atoms with Crippen LogP contribution in [0.25, 0.3) is 0 Å². The van der Waals surface area contributed by atoms with E-state index in [0.717, 1.165) is 0 Å². The van der Waals surface area contributed by atoms with E-state index in [0.29, 0.717) is 17.7 Å². The van der Waals surface area contributed by atoms with Gasteiger partial charge in [-0.25, -0.2) is 9.78 Å². The Morgan fingerprint density at radius 1 is 1.03 bits per heavy atom. The van der Waals surface area contributed by atoms with Gasteiger partial charge in [-0.05, 0) is 23.6 Å². The topological polar surface area (TPSA) is 200 Å². The Hall–Kier alpha value is -3.58. The molecular formula is C24H34N6O6S. The molecule has 0 aliphatic heterocycles. The van der Waals surface area contributed by atoms with E-state index in [1.54, 1.807) is 25.3 Å². The average molecular weight is 535 g/mol. The molecule has 0 fully saturated rings. The van der Waals surface area contributed by atoms with Crippen molar-refractivity contribution in [2.45, 2.75) is 57.3 Å². The van der Waals surface area contributed by atoms with Crippen LogP contribution in [0.3, 0.4) is 0 Å². The number of benzene rings is 1. The highest BCUT2D eigenvalue weighted by atomic mass is 32.1. The summed E-state index contributed by atoms with van der Waals surface area (Å²) in [5, 5.41) is 26.6. The van der Waals surface area contributed by atoms with Crippen LogP contribution in [0.4, 0.5) is 0 Å². The fourth-order valence-electron chi connectivity index (χ4n) is 3.48. The van der Waals surface area contributed by atoms with Crippen molar-refractivity contribution in [1.29, 1.82) is 0 Å². The number of nitrogens with one attached hydrogen (secondary N) is 4. The summed E-state index contributed by atoms with van der Waals surface area (Å²) in [6, 6.07) is 1.58. The molecule has 0 saturated heterocycles. The normalized spacial score (nSPS) is 15.0. The number of thiol groups is 1. The van der Waals surface area contributed by atoms with Crippen molar-refractivity contribution in [2.75, 3.05) is 5.75 Å². The van der Waals surface area contributed by atoms with E-state index in [1.165, 1.54) is 18.5 Å². The molecule has 202 valence electrons. The molecule has 12 nitrogen and oxygen atoms in total. The first-order valence-electron chi connectivity index (χ1n) is 11.8. The monoisotopic (exact) mass is 534 g/mol. The highest BCUT2D eigenvalue weighted by Gasteiger charge is 2.32. The number of carboxylic acids is 1. The highest BCUT2D eigenvalue weighted by Crippen LogP contribution is 2.12. The fourth-order valence-corrected chi connectivity index (χ4v) is 3.74. The van der Waals surface area contributed by atoms with E-state index in [9.17, 15) is 29.4 Å². The summed E-state index contributed by atoms with van der Waals surface area (Å²) < 4.78 is 0. The lowest BCUT2D eigenvalue weighted by Gasteiger charge is -2.27. The Morgan fingerprint density at radius 3 is 2.22 bits per heavy atom. The zero-order valence-corrected chi connectivity index (χ0v) is 21.6. The average Bonchev–Trinajstić information content (AvgIpc) is 3.38. The molecule has 0 bridgehead atoms. The number of phenolic OH excluding ortho intramolecular Hbond substituents is 1. The van der Waals surface area contributed by atoms with E-state index in [2.05, 4.69) is 38.5 Å². The minimum absolute atomic E-state index is 0.0303. The molecule has 0 spiro atoms. The number of carbonyl (C=O) groups is 4. The Bertz CT molecular complexity index is 1050. The number of hydrogen-bond donors (Lipinski definition) is 8. The lowest BCUT2D eigenvalue weighted by atomic mass is 9.97. The SMILES string of the molecule is CCC(C)C(NC(=O)C(N)Cc1cnc[nH]1)C(=O)NC(CS)C(=O)NC(Cc1ccc(O)cc1)C(=O)O. The number of H-pyrrole nitrogens is 1. The zero-order chi connectivity index (χ0) is 27.5. The van der Waals surface area contributed by atoms with Gasteiger partial charge in [0.2, 0.25) is 17.7 Å². The lowest BCUT2D eigenvalue weighted by molar-refractivity contribution is -0.142. The summed E-state index contributed by atoms with van der Waals surface area (Å²) in [6.07, 6.45) is 3.74. The van der Waals surface area contributed by atoms with Crippen molar-refractivity contribution in [1.82, 2.24) is 25.9 Å². The summed E-state index contributed by atoms with van der Waals surface area (Å²) in [7, 11) is 0. The van der Waals surface area contributed by atoms with Crippen LogP contribution in [0, 0.1) is 5.92 Å². The number of carboxylic acid groups (broad SMARTS) is 1. The van der Waals surface area contributed by atoms with Gasteiger partial charge in [0.05, 0.1) is 12.4 Å². The second kappa shape index (κ2) is 14.2. The Balaban J connectivity index is 2.05. The molecule has 13 heteroatoms. The van der Waals surface area contributed by atoms with Gasteiger partial charge in [-0.3, -0.25) is 14.4 Å². The minimum atomic E-state index is -1.28. The number of amides is 3. The second-order valence-corrected chi connectivity index (χ2v) is 9.14. The molecule has 1 heterocycles. The number of carbonyl (C=O) groups excluding carboxylic acids is 3. The van der Waals surface area contributed by atoms with Crippen molar-refractivity contribution in [3.63, 3.8) is 0 Å². The number of imidazole rings is 1. The summed E-state index contributed by atoms with van der Waals surface area (Å²) in [4.78, 5) is 57.1. The number of phenols is 1. The first-order chi connectivity index (χ1) is 17.5. The van der Waals surface area contributed by atoms with Crippen molar-refractivity contribution < 1.29 is 29.4 Å². The van der Waals surface area contributed by atoms with Gasteiger partial charge in [-0.1, -0.05) is 32.4 Å². The number of nitrogens with zero attached hydrogens (tertiary/aromatic N) is 1. The quantitative estimate of drug-likeness (QED) is 0.152. The van der Waals surface area contributed by atoms with Gasteiger partial charge < -0.3 is 36.9 Å². The standard InChI is InChI=1S/C24H34N6O6S/c1-3-13(2)20(30-21(32)17(25)9-15-10-26-12-27-15)23(34)29-19(11-37)22(33)28-18(24(35)36)8-14-4-6-16(31)7-5-14/h4-7,10,12-13,17-20,31,37H,3,8-9,11,25H2,1-2H3,(H,26,27)(H,28,33)(H,29,34)(H,30,32)(H,35,36). The molecule has 0 radical (unpaired) electrons. The first kappa shape index (κ1) is 29.6. The minimum Gasteiger partial charge on any atom is -0.508 e. The first-order valence-corrected chi connectivity index (χ1v) is 12.4. The van der Waals surface area contributed by atoms with Crippen LogP contribution in [0.5, 0.6) is 5.75 Å². The van der Waals surface area contributed by atoms with E-state index in [1.807, 2.05) is 6.92 Å². The van der Waals surface area contributed by atoms with Gasteiger partial charge in [-0.2, -0.15) is 12.6 Å². The van der Waals surface area contributed by atoms with E-state index in [-0.39, 0.29) is 30.3 Å². The third kappa shape index (κ3) is 9.10. The molecule has 2 aromatic rings. The van der Waals surface area contributed by atoms with Crippen molar-refractivity contribution >= 4 is 36.3 Å². The maximum Gasteiger partial charge on any atom is 0.326 e. The van der Waals surface area contributed by atoms with Gasteiger partial charge in [0, 0.05) is 30.5 Å². The molecule has 37 heavy (non-hydrogen) atoms. The number of aromatic nitrogens is 2. The number of nitrogens with two attached hydrogens (primary N) is 1. The van der Waals surface area contributed by atoms with Crippen LogP contribution in [0.1, 0.15) is 31.5 Å². The molecule has 2 rings (SSSR count). The third-order valence-electron chi connectivity index (χ3n) is 5.93. The molecule has 1 aromatic carbocycles. The highest BCUT2D eigenvalue weighted by molar-refractivity contribution is 7.80. The fraction of sp³-hybridized carbons (Fsp3) is 0.458. The van der Waals surface area contributed by atoms with Gasteiger partial charge >= 0.3 is 5.97 Å².